The molecule has 0 N–H and O–H groups in total. The Morgan fingerprint density at radius 1 is 0.684 bits per heavy atom. The molecule has 2 aliphatic rings. The van der Waals surface area contributed by atoms with Crippen LogP contribution in [0.2, 0.25) is 0 Å². The minimum absolute atomic E-state index is 0.0464. The quantitative estimate of drug-likeness (QED) is 0.411. The van der Waals surface area contributed by atoms with E-state index in [1.807, 2.05) is 53.4 Å². The van der Waals surface area contributed by atoms with Crippen molar-refractivity contribution >= 4 is 17.7 Å². The van der Waals surface area contributed by atoms with E-state index in [0.717, 1.165) is 79.6 Å². The van der Waals surface area contributed by atoms with Gasteiger partial charge in [-0.1, -0.05) is 42.5 Å². The second-order valence-corrected chi connectivity index (χ2v) is 9.77. The molecule has 4 aromatic rings. The van der Waals surface area contributed by atoms with E-state index in [4.69, 9.17) is 4.98 Å². The number of carbonyl (C=O) groups excluding carboxylic acids is 1. The highest BCUT2D eigenvalue weighted by Gasteiger charge is 2.28. The third-order valence-corrected chi connectivity index (χ3v) is 7.39. The summed E-state index contributed by atoms with van der Waals surface area (Å²) < 4.78 is 0. The number of hydrogen-bond acceptors (Lipinski definition) is 7. The van der Waals surface area contributed by atoms with Gasteiger partial charge in [-0.2, -0.15) is 0 Å². The number of carbonyl (C=O) groups is 1. The Morgan fingerprint density at radius 3 is 2.18 bits per heavy atom. The summed E-state index contributed by atoms with van der Waals surface area (Å²) in [5.74, 6) is 1.77. The lowest BCUT2D eigenvalue weighted by atomic mass is 10.0. The van der Waals surface area contributed by atoms with E-state index in [-0.39, 0.29) is 5.91 Å². The number of benzene rings is 2. The summed E-state index contributed by atoms with van der Waals surface area (Å²) in [4.78, 5) is 38.2. The highest BCUT2D eigenvalue weighted by atomic mass is 16.2. The molecule has 0 saturated carbocycles. The Kier molecular flexibility index (Phi) is 6.93. The molecule has 2 aliphatic heterocycles. The molecule has 192 valence electrons. The van der Waals surface area contributed by atoms with Gasteiger partial charge in [0.1, 0.15) is 12.1 Å². The minimum atomic E-state index is 0.0464. The van der Waals surface area contributed by atoms with Crippen LogP contribution in [0.25, 0.3) is 11.1 Å². The van der Waals surface area contributed by atoms with Gasteiger partial charge < -0.3 is 14.7 Å². The molecule has 4 heterocycles. The first-order chi connectivity index (χ1) is 18.8. The van der Waals surface area contributed by atoms with Crippen molar-refractivity contribution in [3.05, 3.63) is 96.2 Å². The van der Waals surface area contributed by atoms with Gasteiger partial charge in [0.2, 0.25) is 5.95 Å². The zero-order valence-corrected chi connectivity index (χ0v) is 21.4. The summed E-state index contributed by atoms with van der Waals surface area (Å²) in [5.41, 5.74) is 5.07. The molecule has 0 atom stereocenters. The average molecular weight is 506 g/mol. The number of nitrogens with zero attached hydrogens (tertiary/aromatic N) is 7. The summed E-state index contributed by atoms with van der Waals surface area (Å²) in [7, 11) is 0. The van der Waals surface area contributed by atoms with Crippen LogP contribution < -0.4 is 9.80 Å². The maximum absolute atomic E-state index is 13.5. The van der Waals surface area contributed by atoms with Crippen molar-refractivity contribution in [1.82, 2.24) is 24.8 Å². The van der Waals surface area contributed by atoms with Crippen molar-refractivity contribution in [2.24, 2.45) is 0 Å². The molecule has 8 nitrogen and oxygen atoms in total. The van der Waals surface area contributed by atoms with Gasteiger partial charge in [0, 0.05) is 62.7 Å². The monoisotopic (exact) mass is 505 g/mol. The largest absolute Gasteiger partial charge is 0.354 e. The predicted molar refractivity (Wildman–Crippen MR) is 148 cm³/mol. The van der Waals surface area contributed by atoms with Gasteiger partial charge in [-0.25, -0.2) is 19.9 Å². The molecule has 38 heavy (non-hydrogen) atoms. The van der Waals surface area contributed by atoms with E-state index in [2.05, 4.69) is 36.9 Å². The van der Waals surface area contributed by atoms with Gasteiger partial charge in [0.25, 0.3) is 5.91 Å². The van der Waals surface area contributed by atoms with Crippen molar-refractivity contribution in [1.29, 1.82) is 0 Å². The standard InChI is InChI=1S/C30H31N7O/c38-29(25-11-9-24(10-12-25)23-7-2-1-3-8-23)37-18-13-27-26(21-37)28(34-22-33-27)35-16-4-5-17-36(20-19-35)30-31-14-6-15-32-30/h1-3,6-12,14-15,22H,4-5,13,16-21H2. The van der Waals surface area contributed by atoms with Crippen molar-refractivity contribution in [3.8, 4) is 11.1 Å². The number of hydrogen-bond donors (Lipinski definition) is 0. The molecule has 0 bridgehead atoms. The fourth-order valence-corrected chi connectivity index (χ4v) is 5.33. The summed E-state index contributed by atoms with van der Waals surface area (Å²) in [6, 6.07) is 20.0. The lowest BCUT2D eigenvalue weighted by Gasteiger charge is -2.35. The SMILES string of the molecule is O=C(c1ccc(-c2ccccc2)cc1)N1CCc2ncnc(N3CCCCN(c4ncccn4)CC3)c2C1. The van der Waals surface area contributed by atoms with Crippen molar-refractivity contribution < 1.29 is 4.79 Å². The van der Waals surface area contributed by atoms with Gasteiger partial charge in [0.15, 0.2) is 0 Å². The van der Waals surface area contributed by atoms with E-state index in [0.29, 0.717) is 18.7 Å². The van der Waals surface area contributed by atoms with Crippen LogP contribution in [-0.2, 0) is 13.0 Å². The van der Waals surface area contributed by atoms with Crippen molar-refractivity contribution in [3.63, 3.8) is 0 Å². The molecular weight excluding hydrogens is 474 g/mol. The third kappa shape index (κ3) is 5.07. The second kappa shape index (κ2) is 11.0. The molecule has 0 radical (unpaired) electrons. The molecule has 1 saturated heterocycles. The number of rotatable bonds is 4. The summed E-state index contributed by atoms with van der Waals surface area (Å²) in [6.07, 6.45) is 8.10. The third-order valence-electron chi connectivity index (χ3n) is 7.39. The Morgan fingerprint density at radius 2 is 1.39 bits per heavy atom. The fraction of sp³-hybridized carbons (Fsp3) is 0.300. The number of amides is 1. The highest BCUT2D eigenvalue weighted by molar-refractivity contribution is 5.95. The molecular formula is C30H31N7O. The summed E-state index contributed by atoms with van der Waals surface area (Å²) in [6.45, 7) is 4.69. The van der Waals surface area contributed by atoms with E-state index in [9.17, 15) is 4.79 Å². The molecule has 1 fully saturated rings. The van der Waals surface area contributed by atoms with Gasteiger partial charge >= 0.3 is 0 Å². The van der Waals surface area contributed by atoms with Crippen LogP contribution in [0.3, 0.4) is 0 Å². The molecule has 8 heteroatoms. The van der Waals surface area contributed by atoms with E-state index in [1.54, 1.807) is 18.7 Å². The van der Waals surface area contributed by atoms with Crippen LogP contribution in [0, 0.1) is 0 Å². The smallest absolute Gasteiger partial charge is 0.254 e. The first-order valence-electron chi connectivity index (χ1n) is 13.3. The Balaban J connectivity index is 1.19. The Hall–Kier alpha value is -4.33. The number of aromatic nitrogens is 4. The van der Waals surface area contributed by atoms with Crippen molar-refractivity contribution in [2.75, 3.05) is 42.5 Å². The maximum Gasteiger partial charge on any atom is 0.254 e. The molecule has 2 aromatic heterocycles. The average Bonchev–Trinajstić information content (AvgIpc) is 2.97. The van der Waals surface area contributed by atoms with Crippen LogP contribution in [0.5, 0.6) is 0 Å². The minimum Gasteiger partial charge on any atom is -0.354 e. The summed E-state index contributed by atoms with van der Waals surface area (Å²) in [5, 5.41) is 0. The zero-order valence-electron chi connectivity index (χ0n) is 21.4. The van der Waals surface area contributed by atoms with Crippen LogP contribution in [0.15, 0.2) is 79.4 Å². The topological polar surface area (TPSA) is 78.4 Å². The van der Waals surface area contributed by atoms with E-state index < -0.39 is 0 Å². The highest BCUT2D eigenvalue weighted by Crippen LogP contribution is 2.28. The maximum atomic E-state index is 13.5. The Bertz CT molecular complexity index is 1380. The van der Waals surface area contributed by atoms with Crippen molar-refractivity contribution in [2.45, 2.75) is 25.8 Å². The number of fused-ring (bicyclic) bond motifs is 1. The molecule has 1 amide bonds. The van der Waals surface area contributed by atoms with E-state index >= 15 is 0 Å². The Labute approximate surface area is 223 Å². The van der Waals surface area contributed by atoms with Gasteiger partial charge in [-0.15, -0.1) is 0 Å². The number of anilines is 2. The van der Waals surface area contributed by atoms with Crippen LogP contribution in [-0.4, -0.2) is 63.5 Å². The first-order valence-corrected chi connectivity index (χ1v) is 13.3. The molecule has 0 unspecified atom stereocenters. The van der Waals surface area contributed by atoms with Crippen LogP contribution in [0.1, 0.15) is 34.5 Å². The fourth-order valence-electron chi connectivity index (χ4n) is 5.33. The van der Waals surface area contributed by atoms with Crippen LogP contribution >= 0.6 is 0 Å². The lowest BCUT2D eigenvalue weighted by molar-refractivity contribution is 0.0733. The van der Waals surface area contributed by atoms with Crippen LogP contribution in [0.4, 0.5) is 11.8 Å². The molecule has 0 spiro atoms. The molecule has 2 aromatic carbocycles. The lowest BCUT2D eigenvalue weighted by Crippen LogP contribution is -2.42. The first kappa shape index (κ1) is 24.0. The predicted octanol–water partition coefficient (Wildman–Crippen LogP) is 4.24. The van der Waals surface area contributed by atoms with Gasteiger partial charge in [-0.3, -0.25) is 4.79 Å². The molecule has 0 aliphatic carbocycles. The summed E-state index contributed by atoms with van der Waals surface area (Å²) >= 11 is 0. The normalized spacial score (nSPS) is 15.9. The van der Waals surface area contributed by atoms with E-state index in [1.165, 1.54) is 0 Å². The van der Waals surface area contributed by atoms with Gasteiger partial charge in [0.05, 0.1) is 12.2 Å². The van der Waals surface area contributed by atoms with Gasteiger partial charge in [-0.05, 0) is 42.2 Å². The second-order valence-electron chi connectivity index (χ2n) is 9.77. The zero-order chi connectivity index (χ0) is 25.7. The molecule has 6 rings (SSSR count).